The standard InChI is InChI=1S/C35H52N8O11S.C14H19N3O5S.C13H21N3O4S.C3H6O2.CH3F.CH4/c1-39(29(45)5-3-2-4-27-33-26(22-55-27)37-34(52)38-33)18-28(44)36-24-8-6-23(7-9-24)16-25-17-42(21-32(50)51)13-12-40(19-30(46)47)10-11-41(20-31(48)49)14-15-43(25)35(53)54;18-10-5-6-11(19)17(10)22-12(20)4-2-1-3-9-13-8(7-23-9)15-14(21)16-13;1-16(6-11(18)19)10(17)5-3-2-4-9-12-8(7-21-9)14-13(20)15-12;1-2-3(4)5;1-2;/h6-9,25-27,33H,2-5,10-22H2,1H3,(H,36,44)(H,46,47)(H,48,49)(H,50,51)(H,53,54)(H2,37,38,52);8-9,13H,1-7H2,(H2,15,16,21);8-9,12H,2-7H2,1H3,(H,18,19)(H2,14,15,20);2H2,1H3,(H,4,5);1H3;1H4/i;;;;1D;. The molecule has 9 rings (SSSR count). The van der Waals surface area contributed by atoms with E-state index in [2.05, 4.69) is 37.2 Å². The smallest absolute Gasteiger partial charge is 0.407 e. The number of fused-ring (bicyclic) bond motifs is 3. The fourth-order valence-corrected chi connectivity index (χ4v) is 17.6. The maximum absolute atomic E-state index is 12.8. The van der Waals surface area contributed by atoms with E-state index in [1.165, 1.54) is 21.7 Å². The minimum absolute atomic E-state index is 0. The number of halogens is 1. The first kappa shape index (κ1) is 89.2. The van der Waals surface area contributed by atoms with E-state index in [0.717, 1.165) is 62.2 Å². The number of nitrogens with one attached hydrogen (secondary N) is 7. The number of anilines is 1. The van der Waals surface area contributed by atoms with Crippen LogP contribution in [0.25, 0.3) is 0 Å². The molecule has 10 atom stereocenters. The Labute approximate surface area is 634 Å². The van der Waals surface area contributed by atoms with E-state index >= 15 is 0 Å². The molecule has 0 spiro atoms. The monoisotopic (exact) mass is 1570 g/mol. The van der Waals surface area contributed by atoms with Crippen LogP contribution in [0.1, 0.15) is 118 Å². The van der Waals surface area contributed by atoms with Crippen LogP contribution in [0, 0.1) is 0 Å². The number of rotatable bonds is 30. The van der Waals surface area contributed by atoms with Gasteiger partial charge in [0.25, 0.3) is 11.8 Å². The normalized spacial score (nSPS) is 23.8. The molecule has 0 aromatic heterocycles. The lowest BCUT2D eigenvalue weighted by Crippen LogP contribution is -2.53. The first-order valence-electron chi connectivity index (χ1n) is 35.7. The quantitative estimate of drug-likeness (QED) is 0.0298. The number of benzene rings is 1. The molecule has 8 saturated heterocycles. The van der Waals surface area contributed by atoms with Gasteiger partial charge in [-0.15, -0.1) is 5.06 Å². The first-order chi connectivity index (χ1) is 50.9. The first-order valence-corrected chi connectivity index (χ1v) is 38.1. The zero-order chi connectivity index (χ0) is 78.9. The van der Waals surface area contributed by atoms with Crippen LogP contribution in [0.5, 0.6) is 0 Å². The topological polar surface area (TPSA) is 494 Å². The minimum Gasteiger partial charge on any atom is -0.481 e. The lowest BCUT2D eigenvalue weighted by atomic mass is 10.0. The molecule has 0 bridgehead atoms. The fourth-order valence-electron chi connectivity index (χ4n) is 12.9. The molecule has 12 amide bonds. The average Bonchev–Trinajstić information content (AvgIpc) is 1.36. The number of alkyl halides is 1. The van der Waals surface area contributed by atoms with Crippen molar-refractivity contribution >= 4 is 131 Å². The number of urea groups is 3. The number of carboxylic acid groups (broad SMARTS) is 6. The van der Waals surface area contributed by atoms with Gasteiger partial charge in [-0.3, -0.25) is 67.0 Å². The van der Waals surface area contributed by atoms with Gasteiger partial charge in [-0.05, 0) is 62.6 Å². The van der Waals surface area contributed by atoms with Gasteiger partial charge in [-0.2, -0.15) is 35.3 Å². The highest BCUT2D eigenvalue weighted by Gasteiger charge is 2.45. The summed E-state index contributed by atoms with van der Waals surface area (Å²) in [7, 11) is 2.07. The van der Waals surface area contributed by atoms with Gasteiger partial charge in [0.15, 0.2) is 0 Å². The van der Waals surface area contributed by atoms with Gasteiger partial charge in [0.2, 0.25) is 17.7 Å². The molecular formula is C67H105FN14O22S3. The Bertz CT molecular complexity index is 3220. The van der Waals surface area contributed by atoms with Crippen molar-refractivity contribution in [2.45, 2.75) is 175 Å². The molecule has 36 nitrogen and oxygen atoms in total. The summed E-state index contributed by atoms with van der Waals surface area (Å²) in [5.74, 6) is -4.51. The zero-order valence-electron chi connectivity index (χ0n) is 60.7. The van der Waals surface area contributed by atoms with Gasteiger partial charge >= 0.3 is 60.0 Å². The number of hydrogen-bond acceptors (Lipinski definition) is 22. The summed E-state index contributed by atoms with van der Waals surface area (Å²) >= 11 is 5.51. The number of nitrogens with zero attached hydrogens (tertiary/aromatic N) is 7. The van der Waals surface area contributed by atoms with Crippen LogP contribution in [-0.4, -0.2) is 330 Å². The van der Waals surface area contributed by atoms with E-state index in [1.54, 1.807) is 52.9 Å². The van der Waals surface area contributed by atoms with Crippen LogP contribution >= 0.6 is 35.3 Å². The molecule has 8 aliphatic heterocycles. The third-order valence-corrected chi connectivity index (χ3v) is 22.9. The Morgan fingerprint density at radius 2 is 0.935 bits per heavy atom. The predicted octanol–water partition coefficient (Wildman–Crippen LogP) is 2.15. The zero-order valence-corrected chi connectivity index (χ0v) is 62.1. The van der Waals surface area contributed by atoms with Crippen LogP contribution in [0.2, 0.25) is 0 Å². The summed E-state index contributed by atoms with van der Waals surface area (Å²) in [5.41, 5.74) is 1.15. The second-order valence-electron chi connectivity index (χ2n) is 26.3. The molecule has 0 aliphatic carbocycles. The van der Waals surface area contributed by atoms with Crippen molar-refractivity contribution in [1.29, 1.82) is 0 Å². The highest BCUT2D eigenvalue weighted by molar-refractivity contribution is 8.00. The van der Waals surface area contributed by atoms with Crippen molar-refractivity contribution in [1.82, 2.24) is 66.4 Å². The number of aliphatic carboxylic acids is 5. The highest BCUT2D eigenvalue weighted by atomic mass is 32.2. The number of unbranched alkanes of at least 4 members (excludes halogenated alkanes) is 3. The molecule has 8 fully saturated rings. The number of thioether (sulfide) groups is 3. The maximum Gasteiger partial charge on any atom is 0.407 e. The number of carboxylic acids is 5. The molecule has 0 saturated carbocycles. The molecule has 600 valence electrons. The summed E-state index contributed by atoms with van der Waals surface area (Å²) in [6.07, 6.45) is 7.54. The van der Waals surface area contributed by atoms with Gasteiger partial charge in [-0.25, -0.2) is 24.0 Å². The molecule has 107 heavy (non-hydrogen) atoms. The minimum atomic E-state index is -1.26. The second-order valence-corrected chi connectivity index (χ2v) is 30.2. The third kappa shape index (κ3) is 31.7. The molecule has 1 aromatic carbocycles. The average molecular weight is 1570 g/mol. The number of likely N-dealkylation sites (N-methyl/N-ethyl adjacent to an activating group) is 2. The summed E-state index contributed by atoms with van der Waals surface area (Å²) in [4.78, 5) is 186. The van der Waals surface area contributed by atoms with E-state index in [1.807, 2.05) is 35.3 Å². The van der Waals surface area contributed by atoms with Crippen molar-refractivity contribution in [3.05, 3.63) is 29.8 Å². The Balaban J connectivity index is 0.000000377. The Morgan fingerprint density at radius 1 is 0.551 bits per heavy atom. The SMILES string of the molecule is C.CCC(=O)O.CN(CC(=O)Nc1ccc(CC2CN(CC(=O)O)CCN(CC(=O)O)CCN(CC(=O)O)CCN2C(=O)O)cc1)C(=O)CCCCC1SCC2NC(=O)NC21.CN(CC(=O)O)C(=O)CCCCC1SCC2NC(=O)NC21.O=C1NC2CSC(CCCCC(=O)ON3C(=O)CCC3=O)C2N1.[2H]CF. The van der Waals surface area contributed by atoms with Gasteiger partial charge in [0.1, 0.15) is 6.54 Å². The number of carbonyl (C=O) groups excluding carboxylic acids is 9. The molecular weight excluding hydrogens is 1470 g/mol. The molecule has 8 aliphatic rings. The van der Waals surface area contributed by atoms with E-state index < -0.39 is 79.4 Å². The van der Waals surface area contributed by atoms with Crippen LogP contribution in [0.4, 0.5) is 29.3 Å². The highest BCUT2D eigenvalue weighted by Crippen LogP contribution is 2.36. The summed E-state index contributed by atoms with van der Waals surface area (Å²) in [6, 6.07) is 6.72. The van der Waals surface area contributed by atoms with E-state index in [9.17, 15) is 96.7 Å². The summed E-state index contributed by atoms with van der Waals surface area (Å²) in [5, 5.41) is 77.1. The number of imide groups is 1. The van der Waals surface area contributed by atoms with Gasteiger partial charge in [-0.1, -0.05) is 45.7 Å². The lowest BCUT2D eigenvalue weighted by molar-refractivity contribution is -0.197. The molecule has 40 heteroatoms. The van der Waals surface area contributed by atoms with Crippen molar-refractivity contribution < 1.29 is 113 Å². The van der Waals surface area contributed by atoms with E-state index in [-0.39, 0.29) is 178 Å². The number of amides is 12. The maximum atomic E-state index is 12.8. The lowest BCUT2D eigenvalue weighted by Gasteiger charge is -2.37. The predicted molar refractivity (Wildman–Crippen MR) is 393 cm³/mol. The number of carbonyl (C=O) groups is 15. The molecule has 1 aromatic rings. The molecule has 8 heterocycles. The van der Waals surface area contributed by atoms with Crippen LogP contribution < -0.4 is 37.2 Å². The van der Waals surface area contributed by atoms with Gasteiger partial charge in [0.05, 0.1) is 77.0 Å². The third-order valence-electron chi connectivity index (χ3n) is 18.4. The number of hydrogen-bond donors (Lipinski definition) is 13. The molecule has 13 N–H and O–H groups in total. The largest absolute Gasteiger partial charge is 0.481 e. The van der Waals surface area contributed by atoms with E-state index in [0.29, 0.717) is 57.7 Å². The Hall–Kier alpha value is -8.47. The van der Waals surface area contributed by atoms with E-state index in [4.69, 9.17) is 16.4 Å². The van der Waals surface area contributed by atoms with Crippen molar-refractivity contribution in [2.75, 3.05) is 122 Å². The Morgan fingerprint density at radius 3 is 1.33 bits per heavy atom. The Kier molecular flexibility index (Phi) is 38.9. The molecule has 0 radical (unpaired) electrons. The summed E-state index contributed by atoms with van der Waals surface area (Å²) in [6.45, 7) is 0.711. The van der Waals surface area contributed by atoms with Crippen LogP contribution in [0.3, 0.4) is 0 Å². The van der Waals surface area contributed by atoms with Gasteiger partial charge < -0.3 is 87.4 Å². The number of hydroxylamine groups is 2. The van der Waals surface area contributed by atoms with Gasteiger partial charge in [0, 0.05) is 137 Å². The van der Waals surface area contributed by atoms with Crippen molar-refractivity contribution in [3.63, 3.8) is 0 Å². The van der Waals surface area contributed by atoms with Crippen molar-refractivity contribution in [2.24, 2.45) is 0 Å². The molecule has 10 unspecified atom stereocenters. The van der Waals surface area contributed by atoms with Crippen molar-refractivity contribution in [3.8, 4) is 0 Å². The van der Waals surface area contributed by atoms with Crippen LogP contribution in [-0.2, 0) is 64.0 Å². The van der Waals surface area contributed by atoms with Crippen LogP contribution in [0.15, 0.2) is 24.3 Å². The second kappa shape index (κ2) is 46.7. The summed E-state index contributed by atoms with van der Waals surface area (Å²) < 4.78 is 15.5. The fraction of sp³-hybridized carbons (Fsp3) is 0.687.